The minimum atomic E-state index is -4.87. The molecule has 160 valence electrons. The summed E-state index contributed by atoms with van der Waals surface area (Å²) in [6.07, 6.45) is 1.42. The van der Waals surface area contributed by atoms with Crippen LogP contribution >= 0.6 is 18.2 Å². The maximum absolute atomic E-state index is 11.3. The van der Waals surface area contributed by atoms with Crippen LogP contribution in [0.25, 0.3) is 22.4 Å². The Morgan fingerprint density at radius 3 is 1.97 bits per heavy atom. The molecule has 32 heavy (non-hydrogen) atoms. The SMILES string of the molecule is COc1ccc(-c2conc2-c2cc(OC)c(OC)c(OC)c2)cc1SP(=O)([O-])[O-].[Na+].[Na+]. The smallest absolute Gasteiger partial charge is 0.803 e. The summed E-state index contributed by atoms with van der Waals surface area (Å²) >= 11 is 0.194. The van der Waals surface area contributed by atoms with Crippen LogP contribution in [0.15, 0.2) is 46.0 Å². The Hall–Kier alpha value is -0.650. The summed E-state index contributed by atoms with van der Waals surface area (Å²) in [5.41, 5.74) is 2.23. The number of methoxy groups -OCH3 is 4. The van der Waals surface area contributed by atoms with E-state index in [0.717, 1.165) is 0 Å². The predicted molar refractivity (Wildman–Crippen MR) is 107 cm³/mol. The van der Waals surface area contributed by atoms with Gasteiger partial charge in [-0.2, -0.15) is 0 Å². The third-order valence-electron chi connectivity index (χ3n) is 4.19. The van der Waals surface area contributed by atoms with Crippen molar-refractivity contribution in [2.24, 2.45) is 0 Å². The van der Waals surface area contributed by atoms with E-state index in [1.165, 1.54) is 40.8 Å². The molecule has 1 heterocycles. The molecule has 0 aliphatic rings. The fourth-order valence-corrected chi connectivity index (χ4v) is 4.72. The molecule has 0 radical (unpaired) electrons. The molecule has 3 rings (SSSR count). The molecule has 1 aromatic heterocycles. The summed E-state index contributed by atoms with van der Waals surface area (Å²) in [6, 6.07) is 8.23. The van der Waals surface area contributed by atoms with Gasteiger partial charge in [-0.3, -0.25) is 0 Å². The molecule has 13 heteroatoms. The van der Waals surface area contributed by atoms with Gasteiger partial charge in [-0.1, -0.05) is 22.6 Å². The summed E-state index contributed by atoms with van der Waals surface area (Å²) < 4.78 is 37.7. The van der Waals surface area contributed by atoms with E-state index in [0.29, 0.717) is 39.6 Å². The van der Waals surface area contributed by atoms with E-state index < -0.39 is 6.80 Å². The van der Waals surface area contributed by atoms with Gasteiger partial charge in [0.2, 0.25) is 5.75 Å². The normalized spacial score (nSPS) is 10.6. The van der Waals surface area contributed by atoms with Gasteiger partial charge in [0.05, 0.1) is 33.3 Å². The van der Waals surface area contributed by atoms with E-state index >= 15 is 0 Å². The van der Waals surface area contributed by atoms with Crippen LogP contribution in [-0.4, -0.2) is 33.6 Å². The van der Waals surface area contributed by atoms with Crippen LogP contribution in [0.4, 0.5) is 0 Å². The van der Waals surface area contributed by atoms with Crippen molar-refractivity contribution in [1.82, 2.24) is 5.16 Å². The van der Waals surface area contributed by atoms with Crippen molar-refractivity contribution in [3.63, 3.8) is 0 Å². The number of benzene rings is 2. The molecule has 0 bridgehead atoms. The van der Waals surface area contributed by atoms with Gasteiger partial charge in [-0.15, -0.1) is 0 Å². The number of nitrogens with zero attached hydrogens (tertiary/aromatic N) is 1. The zero-order chi connectivity index (χ0) is 21.9. The standard InChI is InChI=1S/C19H20NO8PS.2Na/c1-24-14-6-5-11(9-17(14)30-29(21,22)23)13-10-28-20-18(13)12-7-15(25-2)19(27-4)16(8-12)26-3;;/h5-10H,1-4H3,(H2,21,22,23);;/q;2*+1/p-2. The molecule has 0 amide bonds. The van der Waals surface area contributed by atoms with Crippen molar-refractivity contribution in [1.29, 1.82) is 0 Å². The fourth-order valence-electron chi connectivity index (χ4n) is 2.90. The van der Waals surface area contributed by atoms with E-state index in [-0.39, 0.29) is 81.1 Å². The summed E-state index contributed by atoms with van der Waals surface area (Å²) in [7, 11) is 5.90. The van der Waals surface area contributed by atoms with Gasteiger partial charge in [0, 0.05) is 11.1 Å². The van der Waals surface area contributed by atoms with E-state index in [2.05, 4.69) is 5.16 Å². The zero-order valence-corrected chi connectivity index (χ0v) is 24.2. The minimum Gasteiger partial charge on any atom is -0.803 e. The number of ether oxygens (including phenoxy) is 4. The first kappa shape index (κ1) is 29.4. The van der Waals surface area contributed by atoms with Gasteiger partial charge < -0.3 is 37.8 Å². The molecule has 0 aliphatic carbocycles. The van der Waals surface area contributed by atoms with Crippen molar-refractivity contribution >= 4 is 18.2 Å². The van der Waals surface area contributed by atoms with E-state index in [1.807, 2.05) is 0 Å². The van der Waals surface area contributed by atoms with Gasteiger partial charge in [0.1, 0.15) is 17.7 Å². The van der Waals surface area contributed by atoms with E-state index in [9.17, 15) is 14.4 Å². The Kier molecular flexibility index (Phi) is 11.7. The number of aromatic nitrogens is 1. The molecule has 3 aromatic rings. The summed E-state index contributed by atoms with van der Waals surface area (Å²) in [4.78, 5) is 22.7. The second-order valence-corrected chi connectivity index (χ2v) is 9.30. The number of rotatable bonds is 8. The second kappa shape index (κ2) is 12.7. The first-order valence-corrected chi connectivity index (χ1v) is 11.4. The van der Waals surface area contributed by atoms with Gasteiger partial charge in [-0.25, -0.2) is 0 Å². The van der Waals surface area contributed by atoms with Gasteiger partial charge in [0.25, 0.3) is 0 Å². The first-order valence-electron chi connectivity index (χ1n) is 8.46. The molecule has 9 nitrogen and oxygen atoms in total. The molecule has 0 aliphatic heterocycles. The third kappa shape index (κ3) is 6.70. The van der Waals surface area contributed by atoms with E-state index in [1.54, 1.807) is 24.3 Å². The van der Waals surface area contributed by atoms with Crippen molar-refractivity contribution in [3.8, 4) is 45.4 Å². The van der Waals surface area contributed by atoms with Crippen LogP contribution in [0.5, 0.6) is 23.0 Å². The average Bonchev–Trinajstić information content (AvgIpc) is 3.21. The molecule has 0 saturated heterocycles. The average molecular weight is 497 g/mol. The topological polar surface area (TPSA) is 126 Å². The monoisotopic (exact) mass is 497 g/mol. The fraction of sp³-hybridized carbons (Fsp3) is 0.211. The van der Waals surface area contributed by atoms with Gasteiger partial charge in [0.15, 0.2) is 11.5 Å². The van der Waals surface area contributed by atoms with Gasteiger partial charge >= 0.3 is 59.1 Å². The first-order chi connectivity index (χ1) is 14.3. The van der Waals surface area contributed by atoms with E-state index in [4.69, 9.17) is 23.5 Å². The Bertz CT molecular complexity index is 1080. The van der Waals surface area contributed by atoms with Crippen LogP contribution < -0.4 is 87.8 Å². The van der Waals surface area contributed by atoms with Crippen LogP contribution in [-0.2, 0) is 4.57 Å². The molecular formula is C19H18NNa2O8PS. The Morgan fingerprint density at radius 2 is 1.47 bits per heavy atom. The number of hydrogen-bond donors (Lipinski definition) is 0. The van der Waals surface area contributed by atoms with Crippen molar-refractivity contribution in [3.05, 3.63) is 36.6 Å². The van der Waals surface area contributed by atoms with Crippen LogP contribution in [0.3, 0.4) is 0 Å². The van der Waals surface area contributed by atoms with Crippen molar-refractivity contribution < 1.29 is 96.9 Å². The maximum Gasteiger partial charge on any atom is 1.00 e. The molecule has 0 unspecified atom stereocenters. The second-order valence-electron chi connectivity index (χ2n) is 5.89. The zero-order valence-electron chi connectivity index (χ0n) is 18.5. The van der Waals surface area contributed by atoms with Crippen LogP contribution in [0, 0.1) is 0 Å². The van der Waals surface area contributed by atoms with Gasteiger partial charge in [-0.05, 0) is 36.6 Å². The Balaban J connectivity index is 0.00000256. The molecule has 0 saturated carbocycles. The largest absolute Gasteiger partial charge is 1.00 e. The molecule has 0 spiro atoms. The molecule has 0 atom stereocenters. The van der Waals surface area contributed by atoms with Crippen LogP contribution in [0.2, 0.25) is 0 Å². The summed E-state index contributed by atoms with van der Waals surface area (Å²) in [6.45, 7) is -4.87. The Morgan fingerprint density at radius 1 is 0.875 bits per heavy atom. The quantitative estimate of drug-likeness (QED) is 0.234. The molecule has 0 fully saturated rings. The predicted octanol–water partition coefficient (Wildman–Crippen LogP) is -3.03. The maximum atomic E-state index is 11.3. The van der Waals surface area contributed by atoms with Crippen LogP contribution in [0.1, 0.15) is 0 Å². The van der Waals surface area contributed by atoms with Crippen molar-refractivity contribution in [2.45, 2.75) is 4.90 Å². The molecule has 0 N–H and O–H groups in total. The Labute approximate surface area is 233 Å². The summed E-state index contributed by atoms with van der Waals surface area (Å²) in [5, 5.41) is 4.07. The molecule has 2 aromatic carbocycles. The third-order valence-corrected chi connectivity index (χ3v) is 6.19. The van der Waals surface area contributed by atoms with Crippen molar-refractivity contribution in [2.75, 3.05) is 28.4 Å². The minimum absolute atomic E-state index is 0. The molecular weight excluding hydrogens is 479 g/mol. The number of hydrogen-bond acceptors (Lipinski definition) is 10. The summed E-state index contributed by atoms with van der Waals surface area (Å²) in [5.74, 6) is 1.57.